The molecule has 12 heavy (non-hydrogen) atoms. The van der Waals surface area contributed by atoms with Crippen LogP contribution in [0.15, 0.2) is 0 Å². The fourth-order valence-electron chi connectivity index (χ4n) is 2.13. The van der Waals surface area contributed by atoms with Crippen molar-refractivity contribution < 1.29 is 4.74 Å². The summed E-state index contributed by atoms with van der Waals surface area (Å²) in [5.74, 6) is 0. The lowest BCUT2D eigenvalue weighted by molar-refractivity contribution is -0.0311. The van der Waals surface area contributed by atoms with Gasteiger partial charge in [0, 0.05) is 25.7 Å². The van der Waals surface area contributed by atoms with Crippen molar-refractivity contribution in [1.29, 1.82) is 0 Å². The van der Waals surface area contributed by atoms with Crippen LogP contribution < -0.4 is 5.32 Å². The Morgan fingerprint density at radius 3 is 3.08 bits per heavy atom. The van der Waals surface area contributed by atoms with Gasteiger partial charge in [0.25, 0.3) is 0 Å². The average molecular weight is 170 g/mol. The van der Waals surface area contributed by atoms with E-state index in [1.807, 2.05) is 0 Å². The minimum atomic E-state index is 0.430. The molecule has 0 unspecified atom stereocenters. The van der Waals surface area contributed by atoms with Crippen LogP contribution in [0.5, 0.6) is 0 Å². The maximum atomic E-state index is 5.51. The third kappa shape index (κ3) is 1.79. The lowest BCUT2D eigenvalue weighted by Crippen LogP contribution is -2.47. The lowest BCUT2D eigenvalue weighted by Gasteiger charge is -2.35. The maximum Gasteiger partial charge on any atom is 0.0674 e. The number of morpholine rings is 1. The van der Waals surface area contributed by atoms with Crippen molar-refractivity contribution >= 4 is 0 Å². The van der Waals surface area contributed by atoms with E-state index < -0.39 is 0 Å². The van der Waals surface area contributed by atoms with Gasteiger partial charge in [0.1, 0.15) is 0 Å². The van der Waals surface area contributed by atoms with E-state index in [1.54, 1.807) is 0 Å². The van der Waals surface area contributed by atoms with Gasteiger partial charge in [-0.05, 0) is 19.9 Å². The van der Waals surface area contributed by atoms with Crippen LogP contribution in [0.3, 0.4) is 0 Å². The molecule has 70 valence electrons. The molecule has 2 heterocycles. The van der Waals surface area contributed by atoms with Gasteiger partial charge in [-0.1, -0.05) is 0 Å². The number of nitrogens with zero attached hydrogens (tertiary/aromatic N) is 1. The second kappa shape index (κ2) is 3.73. The molecular formula is C9H18N2O. The summed E-state index contributed by atoms with van der Waals surface area (Å²) in [7, 11) is 0. The first-order valence-corrected chi connectivity index (χ1v) is 4.92. The Balaban J connectivity index is 1.85. The Morgan fingerprint density at radius 1 is 1.50 bits per heavy atom. The van der Waals surface area contributed by atoms with E-state index >= 15 is 0 Å². The smallest absolute Gasteiger partial charge is 0.0674 e. The molecular weight excluding hydrogens is 152 g/mol. The predicted octanol–water partition coefficient (Wildman–Crippen LogP) is 0.0690. The molecule has 2 aliphatic heterocycles. The highest BCUT2D eigenvalue weighted by molar-refractivity contribution is 4.83. The largest absolute Gasteiger partial charge is 0.376 e. The van der Waals surface area contributed by atoms with Crippen LogP contribution in [0.1, 0.15) is 13.3 Å². The molecule has 0 spiro atoms. The van der Waals surface area contributed by atoms with E-state index in [2.05, 4.69) is 17.1 Å². The molecule has 2 fully saturated rings. The summed E-state index contributed by atoms with van der Waals surface area (Å²) in [5.41, 5.74) is 0. The van der Waals surface area contributed by atoms with Gasteiger partial charge in [0.15, 0.2) is 0 Å². The van der Waals surface area contributed by atoms with E-state index in [1.165, 1.54) is 19.5 Å². The molecule has 1 N–H and O–H groups in total. The van der Waals surface area contributed by atoms with E-state index in [0.717, 1.165) is 25.7 Å². The second-order valence-electron chi connectivity index (χ2n) is 3.82. The monoisotopic (exact) mass is 170 g/mol. The van der Waals surface area contributed by atoms with Crippen LogP contribution in [-0.2, 0) is 4.74 Å². The molecule has 0 saturated carbocycles. The fraction of sp³-hybridized carbons (Fsp3) is 1.00. The van der Waals surface area contributed by atoms with Crippen molar-refractivity contribution in [2.45, 2.75) is 25.5 Å². The molecule has 0 aromatic heterocycles. The number of ether oxygens (including phenoxy) is 1. The zero-order valence-corrected chi connectivity index (χ0v) is 7.75. The van der Waals surface area contributed by atoms with E-state index in [9.17, 15) is 0 Å². The fourth-order valence-corrected chi connectivity index (χ4v) is 2.13. The number of nitrogens with one attached hydrogen (secondary N) is 1. The highest BCUT2D eigenvalue weighted by Crippen LogP contribution is 2.13. The Morgan fingerprint density at radius 2 is 2.42 bits per heavy atom. The third-order valence-corrected chi connectivity index (χ3v) is 2.82. The summed E-state index contributed by atoms with van der Waals surface area (Å²) < 4.78 is 5.51. The molecule has 2 saturated heterocycles. The minimum absolute atomic E-state index is 0.430. The van der Waals surface area contributed by atoms with Crippen molar-refractivity contribution in [2.24, 2.45) is 0 Å². The number of hydrogen-bond donors (Lipinski definition) is 1. The van der Waals surface area contributed by atoms with Gasteiger partial charge in [0.2, 0.25) is 0 Å². The maximum absolute atomic E-state index is 5.51. The molecule has 0 radical (unpaired) electrons. The van der Waals surface area contributed by atoms with Gasteiger partial charge in [-0.3, -0.25) is 4.90 Å². The van der Waals surface area contributed by atoms with Crippen LogP contribution in [0.2, 0.25) is 0 Å². The molecule has 0 bridgehead atoms. The zero-order chi connectivity index (χ0) is 8.39. The van der Waals surface area contributed by atoms with Gasteiger partial charge in [-0.15, -0.1) is 0 Å². The summed E-state index contributed by atoms with van der Waals surface area (Å²) in [6.45, 7) is 7.68. The predicted molar refractivity (Wildman–Crippen MR) is 48.3 cm³/mol. The number of rotatable bonds is 1. The Bertz CT molecular complexity index is 145. The Hall–Kier alpha value is -0.120. The molecule has 0 aromatic rings. The van der Waals surface area contributed by atoms with E-state index in [4.69, 9.17) is 4.74 Å². The van der Waals surface area contributed by atoms with Gasteiger partial charge < -0.3 is 10.1 Å². The van der Waals surface area contributed by atoms with Crippen molar-refractivity contribution in [3.63, 3.8) is 0 Å². The van der Waals surface area contributed by atoms with Crippen LogP contribution in [0.4, 0.5) is 0 Å². The minimum Gasteiger partial charge on any atom is -0.376 e. The topological polar surface area (TPSA) is 24.5 Å². The SMILES string of the molecule is C[C@@H]1CN([C@@H]2CCNC2)CCO1. The van der Waals surface area contributed by atoms with Crippen molar-refractivity contribution in [3.8, 4) is 0 Å². The highest BCUT2D eigenvalue weighted by Gasteiger charge is 2.26. The van der Waals surface area contributed by atoms with Gasteiger partial charge >= 0.3 is 0 Å². The quantitative estimate of drug-likeness (QED) is 0.602. The summed E-state index contributed by atoms with van der Waals surface area (Å²) in [6.07, 6.45) is 1.74. The molecule has 2 rings (SSSR count). The average Bonchev–Trinajstić information content (AvgIpc) is 2.56. The Kier molecular flexibility index (Phi) is 2.63. The summed E-state index contributed by atoms with van der Waals surface area (Å²) in [5, 5.41) is 3.40. The Labute approximate surface area is 74.1 Å². The van der Waals surface area contributed by atoms with Crippen LogP contribution >= 0.6 is 0 Å². The molecule has 0 amide bonds. The lowest BCUT2D eigenvalue weighted by atomic mass is 10.2. The standard InChI is InChI=1S/C9H18N2O/c1-8-7-11(4-5-12-8)9-2-3-10-6-9/h8-10H,2-7H2,1H3/t8-,9-/m1/s1. The first kappa shape index (κ1) is 8.48. The first-order valence-electron chi connectivity index (χ1n) is 4.92. The van der Waals surface area contributed by atoms with Gasteiger partial charge in [-0.2, -0.15) is 0 Å². The van der Waals surface area contributed by atoms with Gasteiger partial charge in [0.05, 0.1) is 12.7 Å². The molecule has 0 aliphatic carbocycles. The molecule has 0 aromatic carbocycles. The van der Waals surface area contributed by atoms with Crippen molar-refractivity contribution in [2.75, 3.05) is 32.8 Å². The van der Waals surface area contributed by atoms with Gasteiger partial charge in [-0.25, -0.2) is 0 Å². The third-order valence-electron chi connectivity index (χ3n) is 2.82. The summed E-state index contributed by atoms with van der Waals surface area (Å²) >= 11 is 0. The molecule has 2 atom stereocenters. The zero-order valence-electron chi connectivity index (χ0n) is 7.75. The molecule has 3 nitrogen and oxygen atoms in total. The van der Waals surface area contributed by atoms with Crippen LogP contribution in [0.25, 0.3) is 0 Å². The van der Waals surface area contributed by atoms with Crippen LogP contribution in [0, 0.1) is 0 Å². The van der Waals surface area contributed by atoms with E-state index in [0.29, 0.717) is 6.10 Å². The molecule has 2 aliphatic rings. The first-order chi connectivity index (χ1) is 5.86. The second-order valence-corrected chi connectivity index (χ2v) is 3.82. The normalized spacial score (nSPS) is 38.8. The van der Waals surface area contributed by atoms with Crippen molar-refractivity contribution in [3.05, 3.63) is 0 Å². The van der Waals surface area contributed by atoms with E-state index in [-0.39, 0.29) is 0 Å². The number of hydrogen-bond acceptors (Lipinski definition) is 3. The summed E-state index contributed by atoms with van der Waals surface area (Å²) in [6, 6.07) is 0.774. The van der Waals surface area contributed by atoms with Crippen LogP contribution in [-0.4, -0.2) is 49.8 Å². The summed E-state index contributed by atoms with van der Waals surface area (Å²) in [4.78, 5) is 2.56. The highest BCUT2D eigenvalue weighted by atomic mass is 16.5. The van der Waals surface area contributed by atoms with Crippen molar-refractivity contribution in [1.82, 2.24) is 10.2 Å². The molecule has 3 heteroatoms.